The SMILES string of the molecule is Cl.OB(O)N1CCCC1. The fraction of sp³-hybridized carbons (Fsp3) is 1.00. The molecule has 2 N–H and O–H groups in total. The molecular formula is C4H11BClNO2. The second kappa shape index (κ2) is 4.11. The first-order valence-corrected chi connectivity index (χ1v) is 2.91. The Hall–Kier alpha value is 0.235. The Balaban J connectivity index is 0.000000640. The maximum atomic E-state index is 8.53. The molecule has 0 spiro atoms. The van der Waals surface area contributed by atoms with Crippen molar-refractivity contribution in [3.05, 3.63) is 0 Å². The standard InChI is InChI=1S/C4H10BNO2.ClH/c7-5(8)6-3-1-2-4-6;/h7-8H,1-4H2;1H. The van der Waals surface area contributed by atoms with Crippen molar-refractivity contribution < 1.29 is 10.0 Å². The summed E-state index contributed by atoms with van der Waals surface area (Å²) in [7, 11) is -1.22. The van der Waals surface area contributed by atoms with Crippen LogP contribution in [0.2, 0.25) is 0 Å². The minimum atomic E-state index is -1.22. The van der Waals surface area contributed by atoms with E-state index in [1.54, 1.807) is 4.81 Å². The lowest BCUT2D eigenvalue weighted by Crippen LogP contribution is -2.36. The summed E-state index contributed by atoms with van der Waals surface area (Å²) in [5.41, 5.74) is 0. The second-order valence-electron chi connectivity index (χ2n) is 2.09. The van der Waals surface area contributed by atoms with Gasteiger partial charge in [0.15, 0.2) is 0 Å². The van der Waals surface area contributed by atoms with Crippen LogP contribution in [-0.4, -0.2) is 35.2 Å². The van der Waals surface area contributed by atoms with Crippen molar-refractivity contribution >= 4 is 19.7 Å². The lowest BCUT2D eigenvalue weighted by atomic mass is 10.1. The van der Waals surface area contributed by atoms with Crippen molar-refractivity contribution in [2.24, 2.45) is 0 Å². The second-order valence-corrected chi connectivity index (χ2v) is 2.09. The first-order chi connectivity index (χ1) is 3.80. The summed E-state index contributed by atoms with van der Waals surface area (Å²) in [6, 6.07) is 0. The molecule has 1 saturated heterocycles. The highest BCUT2D eigenvalue weighted by Crippen LogP contribution is 2.05. The first kappa shape index (κ1) is 9.23. The van der Waals surface area contributed by atoms with Crippen LogP contribution in [0.25, 0.3) is 0 Å². The van der Waals surface area contributed by atoms with Crippen LogP contribution in [0.3, 0.4) is 0 Å². The molecule has 0 bridgehead atoms. The van der Waals surface area contributed by atoms with Gasteiger partial charge in [0.05, 0.1) is 0 Å². The predicted molar refractivity (Wildman–Crippen MR) is 38.2 cm³/mol. The molecule has 5 heteroatoms. The third-order valence-corrected chi connectivity index (χ3v) is 1.47. The predicted octanol–water partition coefficient (Wildman–Crippen LogP) is -0.527. The third-order valence-electron chi connectivity index (χ3n) is 1.47. The maximum absolute atomic E-state index is 8.53. The fourth-order valence-corrected chi connectivity index (χ4v) is 0.973. The highest BCUT2D eigenvalue weighted by atomic mass is 35.5. The largest absolute Gasteiger partial charge is 0.552 e. The molecule has 0 unspecified atom stereocenters. The molecule has 1 aliphatic heterocycles. The normalized spacial score (nSPS) is 19.3. The average molecular weight is 151 g/mol. The Kier molecular flexibility index (Phi) is 4.22. The zero-order chi connectivity index (χ0) is 5.98. The number of nitrogens with zero attached hydrogens (tertiary/aromatic N) is 1. The molecule has 0 aromatic rings. The lowest BCUT2D eigenvalue weighted by molar-refractivity contribution is 0.300. The van der Waals surface area contributed by atoms with Gasteiger partial charge in [-0.1, -0.05) is 0 Å². The highest BCUT2D eigenvalue weighted by Gasteiger charge is 2.22. The van der Waals surface area contributed by atoms with E-state index in [1.165, 1.54) is 0 Å². The van der Waals surface area contributed by atoms with Gasteiger partial charge in [-0.05, 0) is 25.9 Å². The van der Waals surface area contributed by atoms with E-state index in [0.717, 1.165) is 25.9 Å². The molecule has 3 nitrogen and oxygen atoms in total. The summed E-state index contributed by atoms with van der Waals surface area (Å²) in [5.74, 6) is 0. The summed E-state index contributed by atoms with van der Waals surface area (Å²) in [6.07, 6.45) is 2.19. The number of halogens is 1. The molecule has 0 radical (unpaired) electrons. The van der Waals surface area contributed by atoms with Crippen molar-refractivity contribution in [3.63, 3.8) is 0 Å². The quantitative estimate of drug-likeness (QED) is 0.496. The summed E-state index contributed by atoms with van der Waals surface area (Å²) in [4.78, 5) is 1.64. The lowest BCUT2D eigenvalue weighted by Gasteiger charge is -2.10. The topological polar surface area (TPSA) is 43.7 Å². The van der Waals surface area contributed by atoms with Crippen LogP contribution in [0.15, 0.2) is 0 Å². The minimum Gasteiger partial charge on any atom is -0.413 e. The molecule has 1 fully saturated rings. The van der Waals surface area contributed by atoms with E-state index >= 15 is 0 Å². The number of rotatable bonds is 1. The van der Waals surface area contributed by atoms with Crippen molar-refractivity contribution in [2.75, 3.05) is 13.1 Å². The fourth-order valence-electron chi connectivity index (χ4n) is 0.973. The molecule has 9 heavy (non-hydrogen) atoms. The van der Waals surface area contributed by atoms with Gasteiger partial charge >= 0.3 is 7.25 Å². The van der Waals surface area contributed by atoms with Crippen LogP contribution >= 0.6 is 12.4 Å². The third kappa shape index (κ3) is 2.54. The van der Waals surface area contributed by atoms with Gasteiger partial charge in [0, 0.05) is 0 Å². The Bertz CT molecular complexity index is 77.0. The van der Waals surface area contributed by atoms with Crippen LogP contribution in [0.5, 0.6) is 0 Å². The molecule has 0 aromatic heterocycles. The average Bonchev–Trinajstić information content (AvgIpc) is 2.12. The van der Waals surface area contributed by atoms with Crippen molar-refractivity contribution in [3.8, 4) is 0 Å². The zero-order valence-electron chi connectivity index (χ0n) is 5.16. The van der Waals surface area contributed by atoms with Gasteiger partial charge in [-0.2, -0.15) is 0 Å². The van der Waals surface area contributed by atoms with Crippen LogP contribution in [0.1, 0.15) is 12.8 Å². The summed E-state index contributed by atoms with van der Waals surface area (Å²) < 4.78 is 0. The van der Waals surface area contributed by atoms with E-state index in [4.69, 9.17) is 10.0 Å². The van der Waals surface area contributed by atoms with Crippen LogP contribution < -0.4 is 0 Å². The molecule has 0 saturated carbocycles. The van der Waals surface area contributed by atoms with Gasteiger partial charge in [-0.3, -0.25) is 4.81 Å². The van der Waals surface area contributed by atoms with E-state index in [0.29, 0.717) is 0 Å². The molecule has 1 heterocycles. The molecule has 0 aromatic carbocycles. The first-order valence-electron chi connectivity index (χ1n) is 2.91. The van der Waals surface area contributed by atoms with E-state index in [-0.39, 0.29) is 12.4 Å². The summed E-state index contributed by atoms with van der Waals surface area (Å²) in [6.45, 7) is 1.66. The van der Waals surface area contributed by atoms with Crippen molar-refractivity contribution in [1.29, 1.82) is 0 Å². The minimum absolute atomic E-state index is 0. The van der Waals surface area contributed by atoms with Crippen LogP contribution in [0, 0.1) is 0 Å². The number of hydrogen-bond donors (Lipinski definition) is 2. The molecule has 0 aliphatic carbocycles. The molecule has 54 valence electrons. The Morgan fingerprint density at radius 3 is 1.78 bits per heavy atom. The Labute approximate surface area is 61.2 Å². The smallest absolute Gasteiger partial charge is 0.413 e. The van der Waals surface area contributed by atoms with Gasteiger partial charge in [-0.25, -0.2) is 0 Å². The van der Waals surface area contributed by atoms with Gasteiger partial charge in [0.1, 0.15) is 0 Å². The van der Waals surface area contributed by atoms with E-state index in [2.05, 4.69) is 0 Å². The summed E-state index contributed by atoms with van der Waals surface area (Å²) in [5, 5.41) is 17.1. The molecule has 1 aliphatic rings. The molecule has 0 amide bonds. The molecule has 0 atom stereocenters. The van der Waals surface area contributed by atoms with E-state index in [9.17, 15) is 0 Å². The van der Waals surface area contributed by atoms with Crippen molar-refractivity contribution in [1.82, 2.24) is 4.81 Å². The van der Waals surface area contributed by atoms with Gasteiger partial charge in [0.2, 0.25) is 0 Å². The Morgan fingerprint density at radius 2 is 1.56 bits per heavy atom. The summed E-state index contributed by atoms with van der Waals surface area (Å²) >= 11 is 0. The number of hydrogen-bond acceptors (Lipinski definition) is 3. The van der Waals surface area contributed by atoms with Crippen LogP contribution in [-0.2, 0) is 0 Å². The zero-order valence-corrected chi connectivity index (χ0v) is 5.97. The van der Waals surface area contributed by atoms with Crippen molar-refractivity contribution in [2.45, 2.75) is 12.8 Å². The highest BCUT2D eigenvalue weighted by molar-refractivity contribution is 6.37. The van der Waals surface area contributed by atoms with Gasteiger partial charge in [0.25, 0.3) is 0 Å². The monoisotopic (exact) mass is 151 g/mol. The van der Waals surface area contributed by atoms with E-state index in [1.807, 2.05) is 0 Å². The van der Waals surface area contributed by atoms with Crippen LogP contribution in [0.4, 0.5) is 0 Å². The molecular weight excluding hydrogens is 140 g/mol. The Morgan fingerprint density at radius 1 is 1.11 bits per heavy atom. The maximum Gasteiger partial charge on any atom is 0.552 e. The van der Waals surface area contributed by atoms with E-state index < -0.39 is 7.25 Å². The van der Waals surface area contributed by atoms with Gasteiger partial charge < -0.3 is 10.0 Å². The van der Waals surface area contributed by atoms with Gasteiger partial charge in [-0.15, -0.1) is 12.4 Å². The molecule has 1 rings (SSSR count).